The third kappa shape index (κ3) is 5.45. The molecule has 6 nitrogen and oxygen atoms in total. The lowest BCUT2D eigenvalue weighted by Crippen LogP contribution is -2.42. The number of hydrogen-bond donors (Lipinski definition) is 2. The van der Waals surface area contributed by atoms with Crippen molar-refractivity contribution >= 4 is 5.91 Å². The highest BCUT2D eigenvalue weighted by Crippen LogP contribution is 2.13. The molecule has 2 rings (SSSR count). The molecule has 2 N–H and O–H groups in total. The van der Waals surface area contributed by atoms with Crippen LogP contribution in [0, 0.1) is 0 Å². The van der Waals surface area contributed by atoms with Gasteiger partial charge in [0, 0.05) is 25.2 Å². The molecule has 0 aliphatic rings. The van der Waals surface area contributed by atoms with Crippen LogP contribution in [0.15, 0.2) is 34.7 Å². The second kappa shape index (κ2) is 8.59. The van der Waals surface area contributed by atoms with Gasteiger partial charge in [-0.05, 0) is 12.5 Å². The van der Waals surface area contributed by atoms with E-state index < -0.39 is 6.10 Å². The van der Waals surface area contributed by atoms with Crippen LogP contribution in [0.1, 0.15) is 50.5 Å². The minimum Gasteiger partial charge on any atom is -0.425 e. The molecule has 2 unspecified atom stereocenters. The molecule has 0 saturated carbocycles. The Morgan fingerprint density at radius 2 is 1.92 bits per heavy atom. The summed E-state index contributed by atoms with van der Waals surface area (Å²) < 4.78 is 5.48. The molecule has 0 saturated heterocycles. The first-order chi connectivity index (χ1) is 11.5. The van der Waals surface area contributed by atoms with E-state index in [0.717, 1.165) is 5.56 Å². The number of amides is 1. The lowest BCUT2D eigenvalue weighted by molar-refractivity contribution is -0.122. The predicted molar refractivity (Wildman–Crippen MR) is 90.5 cm³/mol. The molecular weight excluding hydrogens is 306 g/mol. The van der Waals surface area contributed by atoms with E-state index in [1.807, 2.05) is 44.2 Å². The van der Waals surface area contributed by atoms with Crippen LogP contribution in [-0.4, -0.2) is 33.4 Å². The molecule has 0 aliphatic heterocycles. The number of carbonyl (C=O) groups excluding carboxylic acids is 1. The van der Waals surface area contributed by atoms with Crippen LogP contribution in [0.5, 0.6) is 0 Å². The summed E-state index contributed by atoms with van der Waals surface area (Å²) in [6, 6.07) is 9.39. The Labute approximate surface area is 142 Å². The monoisotopic (exact) mass is 331 g/mol. The Morgan fingerprint density at radius 3 is 2.54 bits per heavy atom. The maximum absolute atomic E-state index is 12.0. The average molecular weight is 331 g/mol. The van der Waals surface area contributed by atoms with E-state index >= 15 is 0 Å². The lowest BCUT2D eigenvalue weighted by atomic mass is 10.0. The van der Waals surface area contributed by atoms with Crippen LogP contribution in [-0.2, 0) is 17.6 Å². The zero-order chi connectivity index (χ0) is 17.5. The number of nitrogens with one attached hydrogen (secondary N) is 1. The molecule has 1 aromatic carbocycles. The summed E-state index contributed by atoms with van der Waals surface area (Å²) in [5.41, 5.74) is 1.04. The van der Waals surface area contributed by atoms with Gasteiger partial charge in [0.25, 0.3) is 0 Å². The maximum Gasteiger partial charge on any atom is 0.220 e. The van der Waals surface area contributed by atoms with Crippen molar-refractivity contribution in [2.24, 2.45) is 0 Å². The molecule has 6 heteroatoms. The third-order valence-electron chi connectivity index (χ3n) is 3.80. The molecular formula is C18H25N3O3. The predicted octanol–water partition coefficient (Wildman–Crippen LogP) is 2.23. The highest BCUT2D eigenvalue weighted by Gasteiger charge is 2.18. The van der Waals surface area contributed by atoms with Crippen molar-refractivity contribution in [2.45, 2.75) is 58.1 Å². The maximum atomic E-state index is 12.0. The Kier molecular flexibility index (Phi) is 6.49. The Morgan fingerprint density at radius 1 is 1.21 bits per heavy atom. The number of nitrogens with zero attached hydrogens (tertiary/aromatic N) is 2. The van der Waals surface area contributed by atoms with Gasteiger partial charge in [-0.1, -0.05) is 44.2 Å². The Balaban J connectivity index is 1.76. The molecule has 24 heavy (non-hydrogen) atoms. The van der Waals surface area contributed by atoms with Crippen molar-refractivity contribution in [3.63, 3.8) is 0 Å². The van der Waals surface area contributed by atoms with E-state index in [-0.39, 0.29) is 24.3 Å². The molecule has 0 bridgehead atoms. The number of carbonyl (C=O) groups is 1. The summed E-state index contributed by atoms with van der Waals surface area (Å²) >= 11 is 0. The summed E-state index contributed by atoms with van der Waals surface area (Å²) in [6.45, 7) is 5.74. The van der Waals surface area contributed by atoms with Crippen LogP contribution in [0.3, 0.4) is 0 Å². The van der Waals surface area contributed by atoms with Crippen molar-refractivity contribution in [3.05, 3.63) is 47.7 Å². The number of aromatic nitrogens is 2. The highest BCUT2D eigenvalue weighted by atomic mass is 16.4. The molecule has 0 spiro atoms. The minimum absolute atomic E-state index is 0.140. The van der Waals surface area contributed by atoms with Gasteiger partial charge >= 0.3 is 0 Å². The fourth-order valence-electron chi connectivity index (χ4n) is 2.28. The van der Waals surface area contributed by atoms with Gasteiger partial charge in [0.15, 0.2) is 0 Å². The highest BCUT2D eigenvalue weighted by molar-refractivity contribution is 5.76. The average Bonchev–Trinajstić information content (AvgIpc) is 3.03. The van der Waals surface area contributed by atoms with Gasteiger partial charge in [0.2, 0.25) is 17.7 Å². The number of aliphatic hydroxyl groups is 1. The number of benzene rings is 1. The summed E-state index contributed by atoms with van der Waals surface area (Å²) in [7, 11) is 0. The normalized spacial score (nSPS) is 13.7. The van der Waals surface area contributed by atoms with E-state index in [2.05, 4.69) is 15.5 Å². The first-order valence-electron chi connectivity index (χ1n) is 8.29. The quantitative estimate of drug-likeness (QED) is 0.774. The molecule has 2 aromatic rings. The van der Waals surface area contributed by atoms with E-state index in [4.69, 9.17) is 4.42 Å². The van der Waals surface area contributed by atoms with Crippen molar-refractivity contribution < 1.29 is 14.3 Å². The van der Waals surface area contributed by atoms with Gasteiger partial charge in [0.05, 0.1) is 12.1 Å². The van der Waals surface area contributed by atoms with Crippen molar-refractivity contribution in [1.82, 2.24) is 15.5 Å². The molecule has 2 atom stereocenters. The first kappa shape index (κ1) is 18.1. The van der Waals surface area contributed by atoms with Gasteiger partial charge in [-0.3, -0.25) is 4.79 Å². The topological polar surface area (TPSA) is 88.2 Å². The van der Waals surface area contributed by atoms with Gasteiger partial charge in [-0.25, -0.2) is 0 Å². The molecule has 130 valence electrons. The first-order valence-corrected chi connectivity index (χ1v) is 8.29. The summed E-state index contributed by atoms with van der Waals surface area (Å²) in [4.78, 5) is 12.0. The number of rotatable bonds is 8. The van der Waals surface area contributed by atoms with Crippen LogP contribution in [0.25, 0.3) is 0 Å². The molecule has 0 fully saturated rings. The Hall–Kier alpha value is -2.21. The number of aliphatic hydroxyl groups excluding tert-OH is 1. The standard InChI is InChI=1S/C18H25N3O3/c1-12(2)18-21-20-17(24-18)10-9-16(23)19-13(3)15(22)11-14-7-5-4-6-8-14/h4-8,12-13,15,22H,9-11H2,1-3H3,(H,19,23). The van der Waals surface area contributed by atoms with Gasteiger partial charge < -0.3 is 14.8 Å². The number of aryl methyl sites for hydroxylation is 1. The largest absolute Gasteiger partial charge is 0.425 e. The Bertz CT molecular complexity index is 640. The van der Waals surface area contributed by atoms with Crippen LogP contribution < -0.4 is 5.32 Å². The third-order valence-corrected chi connectivity index (χ3v) is 3.80. The van der Waals surface area contributed by atoms with Crippen LogP contribution >= 0.6 is 0 Å². The second-order valence-corrected chi connectivity index (χ2v) is 6.30. The van der Waals surface area contributed by atoms with Crippen molar-refractivity contribution in [2.75, 3.05) is 0 Å². The summed E-state index contributed by atoms with van der Waals surface area (Å²) in [6.07, 6.45) is 0.520. The van der Waals surface area contributed by atoms with Crippen LogP contribution in [0.4, 0.5) is 0 Å². The molecule has 1 amide bonds. The fourth-order valence-corrected chi connectivity index (χ4v) is 2.28. The molecule has 1 aromatic heterocycles. The van der Waals surface area contributed by atoms with E-state index in [1.54, 1.807) is 6.92 Å². The summed E-state index contributed by atoms with van der Waals surface area (Å²) in [5.74, 6) is 1.08. The van der Waals surface area contributed by atoms with Gasteiger partial charge in [-0.15, -0.1) is 10.2 Å². The zero-order valence-corrected chi connectivity index (χ0v) is 14.4. The SMILES string of the molecule is CC(C)c1nnc(CCC(=O)NC(C)C(O)Cc2ccccc2)o1. The zero-order valence-electron chi connectivity index (χ0n) is 14.4. The lowest BCUT2D eigenvalue weighted by Gasteiger charge is -2.20. The van der Waals surface area contributed by atoms with E-state index in [0.29, 0.717) is 24.6 Å². The second-order valence-electron chi connectivity index (χ2n) is 6.30. The van der Waals surface area contributed by atoms with Crippen molar-refractivity contribution in [3.8, 4) is 0 Å². The van der Waals surface area contributed by atoms with Crippen molar-refractivity contribution in [1.29, 1.82) is 0 Å². The molecule has 0 radical (unpaired) electrons. The van der Waals surface area contributed by atoms with E-state index in [1.165, 1.54) is 0 Å². The van der Waals surface area contributed by atoms with E-state index in [9.17, 15) is 9.90 Å². The minimum atomic E-state index is -0.632. The smallest absolute Gasteiger partial charge is 0.220 e. The summed E-state index contributed by atoms with van der Waals surface area (Å²) in [5, 5.41) is 20.9. The van der Waals surface area contributed by atoms with Gasteiger partial charge in [-0.2, -0.15) is 0 Å². The molecule has 0 aliphatic carbocycles. The number of hydrogen-bond acceptors (Lipinski definition) is 5. The van der Waals surface area contributed by atoms with Gasteiger partial charge in [0.1, 0.15) is 0 Å². The molecule has 1 heterocycles. The van der Waals surface area contributed by atoms with Crippen LogP contribution in [0.2, 0.25) is 0 Å². The fraction of sp³-hybridized carbons (Fsp3) is 0.500.